The largest absolute Gasteiger partial charge is 0.380 e. The van der Waals surface area contributed by atoms with E-state index < -0.39 is 0 Å². The van der Waals surface area contributed by atoms with Crippen molar-refractivity contribution in [2.75, 3.05) is 26.3 Å². The maximum absolute atomic E-state index is 5.99. The molecule has 4 heteroatoms. The van der Waals surface area contributed by atoms with E-state index in [1.54, 1.807) is 0 Å². The van der Waals surface area contributed by atoms with Crippen LogP contribution in [0.15, 0.2) is 30.5 Å². The first-order chi connectivity index (χ1) is 9.81. The molecule has 3 nitrogen and oxygen atoms in total. The Morgan fingerprint density at radius 3 is 2.95 bits per heavy atom. The summed E-state index contributed by atoms with van der Waals surface area (Å²) >= 11 is 5.99. The van der Waals surface area contributed by atoms with Crippen LogP contribution in [0.3, 0.4) is 0 Å². The molecule has 1 aromatic carbocycles. The van der Waals surface area contributed by atoms with Crippen LogP contribution < -0.4 is 5.32 Å². The number of ether oxygens (including phenoxy) is 1. The minimum atomic E-state index is 0.789. The van der Waals surface area contributed by atoms with Crippen molar-refractivity contribution in [3.05, 3.63) is 35.5 Å². The highest BCUT2D eigenvalue weighted by atomic mass is 35.5. The van der Waals surface area contributed by atoms with Gasteiger partial charge in [0.1, 0.15) is 0 Å². The van der Waals surface area contributed by atoms with Crippen LogP contribution in [0.25, 0.3) is 10.9 Å². The Kier molecular flexibility index (Phi) is 6.37. The normalized spacial score (nSPS) is 11.3. The molecular formula is C16H23ClN2O. The van der Waals surface area contributed by atoms with Gasteiger partial charge in [0.25, 0.3) is 0 Å². The van der Waals surface area contributed by atoms with E-state index in [4.69, 9.17) is 16.3 Å². The number of rotatable bonds is 9. The highest BCUT2D eigenvalue weighted by Gasteiger charge is 2.01. The Bertz CT molecular complexity index is 524. The minimum Gasteiger partial charge on any atom is -0.380 e. The van der Waals surface area contributed by atoms with Gasteiger partial charge in [0, 0.05) is 48.4 Å². The summed E-state index contributed by atoms with van der Waals surface area (Å²) in [6.45, 7) is 6.66. The average molecular weight is 295 g/mol. The fourth-order valence-electron chi connectivity index (χ4n) is 2.18. The molecule has 0 aliphatic carbocycles. The van der Waals surface area contributed by atoms with E-state index in [-0.39, 0.29) is 0 Å². The average Bonchev–Trinajstić information content (AvgIpc) is 2.84. The third-order valence-electron chi connectivity index (χ3n) is 3.33. The van der Waals surface area contributed by atoms with Gasteiger partial charge in [0.05, 0.1) is 6.61 Å². The van der Waals surface area contributed by atoms with Gasteiger partial charge in [-0.1, -0.05) is 24.9 Å². The number of unbranched alkanes of at least 4 members (excludes halogenated alkanes) is 1. The lowest BCUT2D eigenvalue weighted by atomic mass is 10.2. The first-order valence-electron chi connectivity index (χ1n) is 7.34. The first-order valence-corrected chi connectivity index (χ1v) is 7.72. The molecule has 0 bridgehead atoms. The molecule has 0 aliphatic rings. The molecule has 1 aromatic heterocycles. The van der Waals surface area contributed by atoms with E-state index in [0.717, 1.165) is 44.3 Å². The van der Waals surface area contributed by atoms with Crippen LogP contribution in [-0.4, -0.2) is 30.9 Å². The van der Waals surface area contributed by atoms with E-state index in [1.165, 1.54) is 17.3 Å². The van der Waals surface area contributed by atoms with E-state index in [2.05, 4.69) is 35.1 Å². The topological polar surface area (TPSA) is 26.2 Å². The second-order valence-electron chi connectivity index (χ2n) is 4.93. The molecule has 20 heavy (non-hydrogen) atoms. The number of hydrogen-bond donors (Lipinski definition) is 1. The second kappa shape index (κ2) is 8.30. The Morgan fingerprint density at radius 2 is 2.10 bits per heavy atom. The summed E-state index contributed by atoms with van der Waals surface area (Å²) in [6.07, 6.45) is 4.45. The summed E-state index contributed by atoms with van der Waals surface area (Å²) in [6, 6.07) is 8.12. The molecule has 1 N–H and O–H groups in total. The standard InChI is InChI=1S/C16H23ClN2O/c1-2-3-11-20-12-8-18-7-10-19-9-6-14-13-15(17)4-5-16(14)19/h4-6,9,13,18H,2-3,7-8,10-12H2,1H3. The summed E-state index contributed by atoms with van der Waals surface area (Å²) in [5.41, 5.74) is 1.23. The zero-order chi connectivity index (χ0) is 14.2. The summed E-state index contributed by atoms with van der Waals surface area (Å²) < 4.78 is 7.76. The number of fused-ring (bicyclic) bond motifs is 1. The molecule has 0 atom stereocenters. The van der Waals surface area contributed by atoms with Gasteiger partial charge in [-0.25, -0.2) is 0 Å². The molecule has 2 rings (SSSR count). The van der Waals surface area contributed by atoms with Gasteiger partial charge in [0.15, 0.2) is 0 Å². The molecule has 1 heterocycles. The summed E-state index contributed by atoms with van der Waals surface area (Å²) in [7, 11) is 0. The van der Waals surface area contributed by atoms with Gasteiger partial charge >= 0.3 is 0 Å². The van der Waals surface area contributed by atoms with Gasteiger partial charge in [-0.2, -0.15) is 0 Å². The Hall–Kier alpha value is -1.03. The summed E-state index contributed by atoms with van der Waals surface area (Å²) in [4.78, 5) is 0. The van der Waals surface area contributed by atoms with Crippen molar-refractivity contribution < 1.29 is 4.74 Å². The lowest BCUT2D eigenvalue weighted by Gasteiger charge is -2.08. The molecular weight excluding hydrogens is 272 g/mol. The Labute approximate surface area is 125 Å². The lowest BCUT2D eigenvalue weighted by molar-refractivity contribution is 0.133. The predicted octanol–water partition coefficient (Wildman–Crippen LogP) is 3.70. The van der Waals surface area contributed by atoms with E-state index in [1.807, 2.05) is 12.1 Å². The molecule has 0 amide bonds. The molecule has 0 saturated carbocycles. The number of aromatic nitrogens is 1. The third kappa shape index (κ3) is 4.51. The van der Waals surface area contributed by atoms with Crippen molar-refractivity contribution in [3.8, 4) is 0 Å². The smallest absolute Gasteiger partial charge is 0.0590 e. The number of hydrogen-bond acceptors (Lipinski definition) is 2. The van der Waals surface area contributed by atoms with Crippen LogP contribution in [0, 0.1) is 0 Å². The maximum Gasteiger partial charge on any atom is 0.0590 e. The van der Waals surface area contributed by atoms with Crippen molar-refractivity contribution in [1.82, 2.24) is 9.88 Å². The van der Waals surface area contributed by atoms with Crippen molar-refractivity contribution >= 4 is 22.5 Å². The van der Waals surface area contributed by atoms with Crippen molar-refractivity contribution in [2.45, 2.75) is 26.3 Å². The molecule has 0 spiro atoms. The lowest BCUT2D eigenvalue weighted by Crippen LogP contribution is -2.24. The van der Waals surface area contributed by atoms with Gasteiger partial charge in [-0.05, 0) is 30.7 Å². The van der Waals surface area contributed by atoms with Gasteiger partial charge in [0.2, 0.25) is 0 Å². The highest BCUT2D eigenvalue weighted by Crippen LogP contribution is 2.20. The molecule has 2 aromatic rings. The highest BCUT2D eigenvalue weighted by molar-refractivity contribution is 6.31. The second-order valence-corrected chi connectivity index (χ2v) is 5.36. The first kappa shape index (κ1) is 15.4. The number of halogens is 1. The van der Waals surface area contributed by atoms with Gasteiger partial charge in [-0.3, -0.25) is 0 Å². The molecule has 0 radical (unpaired) electrons. The van der Waals surface area contributed by atoms with Crippen LogP contribution in [0.5, 0.6) is 0 Å². The molecule has 110 valence electrons. The van der Waals surface area contributed by atoms with Gasteiger partial charge in [-0.15, -0.1) is 0 Å². The quantitative estimate of drug-likeness (QED) is 0.714. The van der Waals surface area contributed by atoms with Crippen LogP contribution in [-0.2, 0) is 11.3 Å². The molecule has 0 saturated heterocycles. The zero-order valence-corrected chi connectivity index (χ0v) is 12.8. The third-order valence-corrected chi connectivity index (χ3v) is 3.56. The van der Waals surface area contributed by atoms with E-state index in [0.29, 0.717) is 0 Å². The number of nitrogens with one attached hydrogen (secondary N) is 1. The molecule has 0 unspecified atom stereocenters. The van der Waals surface area contributed by atoms with Gasteiger partial charge < -0.3 is 14.6 Å². The van der Waals surface area contributed by atoms with Crippen LogP contribution in [0.2, 0.25) is 5.02 Å². The van der Waals surface area contributed by atoms with E-state index >= 15 is 0 Å². The molecule has 0 fully saturated rings. The summed E-state index contributed by atoms with van der Waals surface area (Å²) in [5, 5.41) is 5.39. The van der Waals surface area contributed by atoms with Crippen molar-refractivity contribution in [2.24, 2.45) is 0 Å². The number of nitrogens with zero attached hydrogens (tertiary/aromatic N) is 1. The van der Waals surface area contributed by atoms with E-state index in [9.17, 15) is 0 Å². The Morgan fingerprint density at radius 1 is 1.20 bits per heavy atom. The fraction of sp³-hybridized carbons (Fsp3) is 0.500. The van der Waals surface area contributed by atoms with Crippen LogP contribution >= 0.6 is 11.6 Å². The predicted molar refractivity (Wildman–Crippen MR) is 85.5 cm³/mol. The minimum absolute atomic E-state index is 0.789. The van der Waals surface area contributed by atoms with Crippen molar-refractivity contribution in [1.29, 1.82) is 0 Å². The zero-order valence-electron chi connectivity index (χ0n) is 12.1. The molecule has 0 aliphatic heterocycles. The fourth-order valence-corrected chi connectivity index (χ4v) is 2.36. The number of benzene rings is 1. The summed E-state index contributed by atoms with van der Waals surface area (Å²) in [5.74, 6) is 0. The SMILES string of the molecule is CCCCOCCNCCn1ccc2cc(Cl)ccc21. The van der Waals surface area contributed by atoms with Crippen LogP contribution in [0.1, 0.15) is 19.8 Å². The van der Waals surface area contributed by atoms with Crippen molar-refractivity contribution in [3.63, 3.8) is 0 Å². The Balaban J connectivity index is 1.68. The maximum atomic E-state index is 5.99. The monoisotopic (exact) mass is 294 g/mol. The van der Waals surface area contributed by atoms with Crippen LogP contribution in [0.4, 0.5) is 0 Å².